The van der Waals surface area contributed by atoms with E-state index in [1.54, 1.807) is 7.11 Å². The molecule has 5 heteroatoms. The number of carbonyl (C=O) groups is 1. The third-order valence-corrected chi connectivity index (χ3v) is 3.82. The Morgan fingerprint density at radius 3 is 2.86 bits per heavy atom. The molecular formula is C16H24N2O3. The van der Waals surface area contributed by atoms with Gasteiger partial charge in [0.25, 0.3) is 0 Å². The molecule has 1 aliphatic heterocycles. The van der Waals surface area contributed by atoms with Crippen molar-refractivity contribution in [3.05, 3.63) is 24.3 Å². The quantitative estimate of drug-likeness (QED) is 0.866. The van der Waals surface area contributed by atoms with Crippen molar-refractivity contribution in [3.63, 3.8) is 0 Å². The van der Waals surface area contributed by atoms with Crippen LogP contribution in [0.15, 0.2) is 24.3 Å². The van der Waals surface area contributed by atoms with Crippen molar-refractivity contribution in [2.45, 2.75) is 25.3 Å². The molecule has 0 aliphatic carbocycles. The normalized spacial score (nSPS) is 18.4. The number of amides is 1. The highest BCUT2D eigenvalue weighted by molar-refractivity contribution is 5.76. The smallest absolute Gasteiger partial charge is 0.226 e. The maximum absolute atomic E-state index is 12.2. The summed E-state index contributed by atoms with van der Waals surface area (Å²) < 4.78 is 10.9. The fourth-order valence-corrected chi connectivity index (χ4v) is 2.58. The van der Waals surface area contributed by atoms with Gasteiger partial charge in [-0.25, -0.2) is 0 Å². The number of rotatable bonds is 6. The zero-order valence-corrected chi connectivity index (χ0v) is 12.8. The maximum Gasteiger partial charge on any atom is 0.226 e. The molecule has 0 spiro atoms. The minimum atomic E-state index is 0.157. The second-order valence-corrected chi connectivity index (χ2v) is 5.22. The van der Waals surface area contributed by atoms with Gasteiger partial charge < -0.3 is 19.7 Å². The molecule has 1 saturated heterocycles. The van der Waals surface area contributed by atoms with E-state index < -0.39 is 0 Å². The lowest BCUT2D eigenvalue weighted by atomic mass is 10.1. The molecule has 2 rings (SSSR count). The van der Waals surface area contributed by atoms with Gasteiger partial charge in [0.05, 0.1) is 20.1 Å². The van der Waals surface area contributed by atoms with Crippen molar-refractivity contribution < 1.29 is 14.3 Å². The van der Waals surface area contributed by atoms with Gasteiger partial charge in [-0.15, -0.1) is 0 Å². The van der Waals surface area contributed by atoms with Gasteiger partial charge >= 0.3 is 0 Å². The highest BCUT2D eigenvalue weighted by atomic mass is 16.5. The summed E-state index contributed by atoms with van der Waals surface area (Å²) in [6, 6.07) is 7.89. The van der Waals surface area contributed by atoms with Crippen LogP contribution in [0, 0.1) is 0 Å². The second kappa shape index (κ2) is 7.88. The van der Waals surface area contributed by atoms with Gasteiger partial charge in [-0.1, -0.05) is 12.1 Å². The molecule has 1 heterocycles. The molecule has 1 N–H and O–H groups in total. The zero-order valence-electron chi connectivity index (χ0n) is 12.8. The van der Waals surface area contributed by atoms with Crippen LogP contribution >= 0.6 is 0 Å². The lowest BCUT2D eigenvalue weighted by Crippen LogP contribution is -2.47. The summed E-state index contributed by atoms with van der Waals surface area (Å²) in [4.78, 5) is 14.1. The molecular weight excluding hydrogens is 268 g/mol. The van der Waals surface area contributed by atoms with Crippen LogP contribution in [-0.4, -0.2) is 50.7 Å². The molecule has 1 aromatic carbocycles. The molecule has 0 bridgehead atoms. The van der Waals surface area contributed by atoms with Crippen LogP contribution in [0.1, 0.15) is 19.3 Å². The van der Waals surface area contributed by atoms with E-state index in [2.05, 4.69) is 5.32 Å². The average molecular weight is 292 g/mol. The first-order chi connectivity index (χ1) is 10.2. The number of nitrogens with one attached hydrogen (secondary N) is 1. The lowest BCUT2D eigenvalue weighted by molar-refractivity contribution is -0.133. The third-order valence-electron chi connectivity index (χ3n) is 3.82. The van der Waals surface area contributed by atoms with Gasteiger partial charge in [0.15, 0.2) is 11.5 Å². The minimum absolute atomic E-state index is 0.157. The largest absolute Gasteiger partial charge is 0.493 e. The SMILES string of the molecule is CN[C@@H]1CCCN(C(=O)CCOc2ccccc2OC)C1. The molecule has 0 aromatic heterocycles. The number of nitrogens with zero attached hydrogens (tertiary/aromatic N) is 1. The van der Waals surface area contributed by atoms with Gasteiger partial charge in [-0.05, 0) is 32.0 Å². The first-order valence-corrected chi connectivity index (χ1v) is 7.45. The van der Waals surface area contributed by atoms with Gasteiger partial charge in [-0.2, -0.15) is 0 Å². The standard InChI is InChI=1S/C16H24N2O3/c1-17-13-6-5-10-18(12-13)16(19)9-11-21-15-8-4-3-7-14(15)20-2/h3-4,7-8,13,17H,5-6,9-12H2,1-2H3/t13-/m1/s1. The van der Waals surface area contributed by atoms with Crippen molar-refractivity contribution in [1.82, 2.24) is 10.2 Å². The zero-order chi connectivity index (χ0) is 15.1. The molecule has 116 valence electrons. The fraction of sp³-hybridized carbons (Fsp3) is 0.562. The first kappa shape index (κ1) is 15.6. The molecule has 0 saturated carbocycles. The summed E-state index contributed by atoms with van der Waals surface area (Å²) in [5.41, 5.74) is 0. The molecule has 21 heavy (non-hydrogen) atoms. The van der Waals surface area contributed by atoms with Crippen LogP contribution in [0.25, 0.3) is 0 Å². The predicted octanol–water partition coefficient (Wildman–Crippen LogP) is 1.67. The number of para-hydroxylation sites is 2. The fourth-order valence-electron chi connectivity index (χ4n) is 2.58. The summed E-state index contributed by atoms with van der Waals surface area (Å²) in [6.45, 7) is 2.02. The van der Waals surface area contributed by atoms with Crippen LogP contribution in [0.4, 0.5) is 0 Å². The Morgan fingerprint density at radius 1 is 1.38 bits per heavy atom. The number of likely N-dealkylation sites (N-methyl/N-ethyl adjacent to an activating group) is 1. The van der Waals surface area contributed by atoms with E-state index in [-0.39, 0.29) is 5.91 Å². The van der Waals surface area contributed by atoms with Crippen LogP contribution in [0.5, 0.6) is 11.5 Å². The van der Waals surface area contributed by atoms with Crippen LogP contribution in [0.3, 0.4) is 0 Å². The van der Waals surface area contributed by atoms with E-state index in [0.717, 1.165) is 25.9 Å². The number of ether oxygens (including phenoxy) is 2. The summed E-state index contributed by atoms with van der Waals surface area (Å²) >= 11 is 0. The maximum atomic E-state index is 12.2. The van der Waals surface area contributed by atoms with Crippen LogP contribution in [0.2, 0.25) is 0 Å². The van der Waals surface area contributed by atoms with Gasteiger partial charge in [0, 0.05) is 19.1 Å². The second-order valence-electron chi connectivity index (χ2n) is 5.22. The van der Waals surface area contributed by atoms with E-state index in [4.69, 9.17) is 9.47 Å². The van der Waals surface area contributed by atoms with Gasteiger partial charge in [0.1, 0.15) is 0 Å². The monoisotopic (exact) mass is 292 g/mol. The van der Waals surface area contributed by atoms with Crippen molar-refractivity contribution in [2.24, 2.45) is 0 Å². The van der Waals surface area contributed by atoms with E-state index in [1.807, 2.05) is 36.2 Å². The molecule has 1 fully saturated rings. The number of carbonyl (C=O) groups excluding carboxylic acids is 1. The van der Waals surface area contributed by atoms with Gasteiger partial charge in [0.2, 0.25) is 5.91 Å². The Labute approximate surface area is 126 Å². The van der Waals surface area contributed by atoms with E-state index >= 15 is 0 Å². The summed E-state index contributed by atoms with van der Waals surface area (Å²) in [7, 11) is 3.56. The number of likely N-dealkylation sites (tertiary alicyclic amines) is 1. The molecule has 0 radical (unpaired) electrons. The van der Waals surface area contributed by atoms with E-state index in [9.17, 15) is 4.79 Å². The van der Waals surface area contributed by atoms with E-state index in [0.29, 0.717) is 30.6 Å². The number of benzene rings is 1. The summed E-state index contributed by atoms with van der Waals surface area (Å²) in [5.74, 6) is 1.53. The lowest BCUT2D eigenvalue weighted by Gasteiger charge is -2.32. The molecule has 0 unspecified atom stereocenters. The van der Waals surface area contributed by atoms with Crippen molar-refractivity contribution in [2.75, 3.05) is 33.9 Å². The van der Waals surface area contributed by atoms with Crippen molar-refractivity contribution in [3.8, 4) is 11.5 Å². The molecule has 1 aliphatic rings. The molecule has 5 nitrogen and oxygen atoms in total. The summed E-state index contributed by atoms with van der Waals surface area (Å²) in [5, 5.41) is 3.24. The Kier molecular flexibility index (Phi) is 5.87. The average Bonchev–Trinajstić information content (AvgIpc) is 2.55. The Morgan fingerprint density at radius 2 is 2.14 bits per heavy atom. The Balaban J connectivity index is 1.79. The molecule has 1 atom stereocenters. The summed E-state index contributed by atoms with van der Waals surface area (Å²) in [6.07, 6.45) is 2.59. The number of methoxy groups -OCH3 is 1. The third kappa shape index (κ3) is 4.36. The van der Waals surface area contributed by atoms with Crippen molar-refractivity contribution in [1.29, 1.82) is 0 Å². The predicted molar refractivity (Wildman–Crippen MR) is 81.8 cm³/mol. The first-order valence-electron chi connectivity index (χ1n) is 7.45. The minimum Gasteiger partial charge on any atom is -0.493 e. The van der Waals surface area contributed by atoms with Gasteiger partial charge in [-0.3, -0.25) is 4.79 Å². The number of hydrogen-bond donors (Lipinski definition) is 1. The molecule has 1 amide bonds. The van der Waals surface area contributed by atoms with Crippen molar-refractivity contribution >= 4 is 5.91 Å². The Bertz CT molecular complexity index is 465. The highest BCUT2D eigenvalue weighted by Gasteiger charge is 2.22. The number of piperidine rings is 1. The topological polar surface area (TPSA) is 50.8 Å². The van der Waals surface area contributed by atoms with Crippen LogP contribution in [-0.2, 0) is 4.79 Å². The number of hydrogen-bond acceptors (Lipinski definition) is 4. The highest BCUT2D eigenvalue weighted by Crippen LogP contribution is 2.25. The van der Waals surface area contributed by atoms with E-state index in [1.165, 1.54) is 0 Å². The molecule has 1 aromatic rings. The van der Waals surface area contributed by atoms with Crippen LogP contribution < -0.4 is 14.8 Å². The Hall–Kier alpha value is -1.75.